The fourth-order valence-corrected chi connectivity index (χ4v) is 2.93. The van der Waals surface area contributed by atoms with Gasteiger partial charge in [-0.25, -0.2) is 0 Å². The van der Waals surface area contributed by atoms with E-state index in [1.54, 1.807) is 0 Å². The van der Waals surface area contributed by atoms with Crippen molar-refractivity contribution in [3.8, 4) is 5.75 Å². The van der Waals surface area contributed by atoms with E-state index >= 15 is 0 Å². The molecule has 0 amide bonds. The van der Waals surface area contributed by atoms with Crippen molar-refractivity contribution < 1.29 is 4.74 Å². The molecule has 1 aromatic rings. The Morgan fingerprint density at radius 2 is 1.95 bits per heavy atom. The first-order valence-corrected chi connectivity index (χ1v) is 7.71. The Morgan fingerprint density at radius 3 is 2.68 bits per heavy atom. The van der Waals surface area contributed by atoms with Gasteiger partial charge in [0.2, 0.25) is 0 Å². The Bertz CT molecular complexity index is 383. The molecule has 19 heavy (non-hydrogen) atoms. The van der Waals surface area contributed by atoms with Gasteiger partial charge in [-0.3, -0.25) is 0 Å². The summed E-state index contributed by atoms with van der Waals surface area (Å²) in [6.07, 6.45) is 8.94. The van der Waals surface area contributed by atoms with E-state index < -0.39 is 0 Å². The molecule has 2 N–H and O–H groups in total. The van der Waals surface area contributed by atoms with Gasteiger partial charge in [0, 0.05) is 0 Å². The molecule has 0 radical (unpaired) electrons. The van der Waals surface area contributed by atoms with E-state index in [1.165, 1.54) is 43.2 Å². The van der Waals surface area contributed by atoms with Gasteiger partial charge >= 0.3 is 0 Å². The van der Waals surface area contributed by atoms with Crippen LogP contribution in [0.4, 0.5) is 0 Å². The molecular weight excluding hydrogens is 234 g/mol. The number of rotatable bonds is 6. The maximum Gasteiger partial charge on any atom is 0.119 e. The van der Waals surface area contributed by atoms with Crippen LogP contribution in [0.25, 0.3) is 0 Å². The minimum absolute atomic E-state index is 0.756. The molecule has 0 aliphatic heterocycles. The summed E-state index contributed by atoms with van der Waals surface area (Å²) in [5.74, 6) is 1.80. The molecule has 1 aromatic carbocycles. The van der Waals surface area contributed by atoms with Gasteiger partial charge in [-0.1, -0.05) is 25.3 Å². The van der Waals surface area contributed by atoms with Gasteiger partial charge in [-0.05, 0) is 68.3 Å². The lowest BCUT2D eigenvalue weighted by atomic mass is 9.90. The van der Waals surface area contributed by atoms with Crippen LogP contribution in [-0.4, -0.2) is 13.2 Å². The largest absolute Gasteiger partial charge is 0.493 e. The minimum Gasteiger partial charge on any atom is -0.493 e. The molecule has 1 aliphatic carbocycles. The van der Waals surface area contributed by atoms with E-state index in [9.17, 15) is 0 Å². The van der Waals surface area contributed by atoms with Gasteiger partial charge in [0.05, 0.1) is 6.61 Å². The van der Waals surface area contributed by atoms with E-state index in [2.05, 4.69) is 25.1 Å². The summed E-state index contributed by atoms with van der Waals surface area (Å²) in [7, 11) is 0. The maximum absolute atomic E-state index is 6.02. The van der Waals surface area contributed by atoms with E-state index in [0.717, 1.165) is 37.7 Å². The second-order valence-electron chi connectivity index (χ2n) is 5.86. The van der Waals surface area contributed by atoms with E-state index in [-0.39, 0.29) is 0 Å². The van der Waals surface area contributed by atoms with Crippen LogP contribution in [0, 0.1) is 12.8 Å². The van der Waals surface area contributed by atoms with Crippen molar-refractivity contribution in [2.45, 2.75) is 51.9 Å². The smallest absolute Gasteiger partial charge is 0.119 e. The zero-order chi connectivity index (χ0) is 13.5. The fraction of sp³-hybridized carbons (Fsp3) is 0.647. The van der Waals surface area contributed by atoms with Gasteiger partial charge < -0.3 is 10.5 Å². The van der Waals surface area contributed by atoms with Crippen LogP contribution in [-0.2, 0) is 6.42 Å². The normalized spacial score (nSPS) is 16.5. The lowest BCUT2D eigenvalue weighted by Crippen LogP contribution is -2.15. The molecule has 0 aromatic heterocycles. The van der Waals surface area contributed by atoms with Gasteiger partial charge in [0.15, 0.2) is 0 Å². The van der Waals surface area contributed by atoms with Crippen molar-refractivity contribution in [2.75, 3.05) is 13.2 Å². The molecule has 0 spiro atoms. The van der Waals surface area contributed by atoms with Crippen LogP contribution in [0.2, 0.25) is 0 Å². The average Bonchev–Trinajstić information content (AvgIpc) is 2.43. The summed E-state index contributed by atoms with van der Waals surface area (Å²) in [5.41, 5.74) is 8.21. The third kappa shape index (κ3) is 4.87. The number of hydrogen-bond acceptors (Lipinski definition) is 2. The van der Waals surface area contributed by atoms with Crippen LogP contribution in [0.15, 0.2) is 18.2 Å². The Hall–Kier alpha value is -1.02. The summed E-state index contributed by atoms with van der Waals surface area (Å²) >= 11 is 0. The Balaban J connectivity index is 1.89. The Morgan fingerprint density at radius 1 is 1.16 bits per heavy atom. The zero-order valence-electron chi connectivity index (χ0n) is 12.2. The van der Waals surface area contributed by atoms with Crippen LogP contribution in [0.3, 0.4) is 0 Å². The number of benzene rings is 1. The highest BCUT2D eigenvalue weighted by atomic mass is 16.5. The summed E-state index contributed by atoms with van der Waals surface area (Å²) < 4.78 is 6.02. The van der Waals surface area contributed by atoms with Crippen LogP contribution in [0.5, 0.6) is 5.75 Å². The average molecular weight is 261 g/mol. The molecule has 1 saturated carbocycles. The molecule has 1 fully saturated rings. The van der Waals surface area contributed by atoms with E-state index in [0.29, 0.717) is 0 Å². The molecule has 0 saturated heterocycles. The highest BCUT2D eigenvalue weighted by molar-refractivity contribution is 5.34. The molecule has 0 heterocycles. The monoisotopic (exact) mass is 261 g/mol. The van der Waals surface area contributed by atoms with Crippen LogP contribution in [0.1, 0.15) is 49.7 Å². The fourth-order valence-electron chi connectivity index (χ4n) is 2.93. The molecule has 2 rings (SSSR count). The first-order chi connectivity index (χ1) is 9.28. The van der Waals surface area contributed by atoms with Gasteiger partial charge in [-0.2, -0.15) is 0 Å². The second kappa shape index (κ2) is 7.54. The summed E-state index contributed by atoms with van der Waals surface area (Å²) in [4.78, 5) is 0. The lowest BCUT2D eigenvalue weighted by molar-refractivity contribution is 0.208. The lowest BCUT2D eigenvalue weighted by Gasteiger charge is -2.22. The number of ether oxygens (including phenoxy) is 1. The van der Waals surface area contributed by atoms with Crippen LogP contribution >= 0.6 is 0 Å². The highest BCUT2D eigenvalue weighted by Gasteiger charge is 2.14. The summed E-state index contributed by atoms with van der Waals surface area (Å²) in [6.45, 7) is 3.78. The molecular formula is C17H27NO. The first-order valence-electron chi connectivity index (χ1n) is 7.71. The number of aryl methyl sites for hydroxylation is 2. The summed E-state index contributed by atoms with van der Waals surface area (Å²) in [5, 5.41) is 0. The highest BCUT2D eigenvalue weighted by Crippen LogP contribution is 2.25. The van der Waals surface area contributed by atoms with Crippen molar-refractivity contribution >= 4 is 0 Å². The second-order valence-corrected chi connectivity index (χ2v) is 5.86. The third-order valence-corrected chi connectivity index (χ3v) is 3.99. The summed E-state index contributed by atoms with van der Waals surface area (Å²) in [6, 6.07) is 6.57. The van der Waals surface area contributed by atoms with Gasteiger partial charge in [0.1, 0.15) is 5.75 Å². The van der Waals surface area contributed by atoms with Gasteiger partial charge in [-0.15, -0.1) is 0 Å². The molecule has 2 heteroatoms. The van der Waals surface area contributed by atoms with Crippen molar-refractivity contribution in [3.63, 3.8) is 0 Å². The molecule has 0 atom stereocenters. The standard InChI is InChI=1S/C17H27NO/c1-14-10-16(8-5-9-18)12-17(11-14)19-13-15-6-3-2-4-7-15/h10-12,15H,2-9,13,18H2,1H3. The molecule has 106 valence electrons. The van der Waals surface area contributed by atoms with Crippen molar-refractivity contribution in [1.29, 1.82) is 0 Å². The SMILES string of the molecule is Cc1cc(CCCN)cc(OCC2CCCCC2)c1. The third-order valence-electron chi connectivity index (χ3n) is 3.99. The first kappa shape index (κ1) is 14.4. The quantitative estimate of drug-likeness (QED) is 0.844. The van der Waals surface area contributed by atoms with Gasteiger partial charge in [0.25, 0.3) is 0 Å². The van der Waals surface area contributed by atoms with E-state index in [1.807, 2.05) is 0 Å². The van der Waals surface area contributed by atoms with Crippen molar-refractivity contribution in [1.82, 2.24) is 0 Å². The van der Waals surface area contributed by atoms with E-state index in [4.69, 9.17) is 10.5 Å². The predicted molar refractivity (Wildman–Crippen MR) is 80.6 cm³/mol. The maximum atomic E-state index is 6.02. The number of nitrogens with two attached hydrogens (primary N) is 1. The van der Waals surface area contributed by atoms with Crippen molar-refractivity contribution in [2.24, 2.45) is 11.7 Å². The topological polar surface area (TPSA) is 35.2 Å². The number of hydrogen-bond donors (Lipinski definition) is 1. The predicted octanol–water partition coefficient (Wildman–Crippen LogP) is 3.85. The minimum atomic E-state index is 0.756. The molecule has 1 aliphatic rings. The zero-order valence-corrected chi connectivity index (χ0v) is 12.2. The van der Waals surface area contributed by atoms with Crippen LogP contribution < -0.4 is 10.5 Å². The Labute approximate surface area is 117 Å². The molecule has 0 bridgehead atoms. The van der Waals surface area contributed by atoms with Crippen molar-refractivity contribution in [3.05, 3.63) is 29.3 Å². The Kier molecular flexibility index (Phi) is 5.71. The molecule has 0 unspecified atom stereocenters. The molecule has 2 nitrogen and oxygen atoms in total.